The zero-order chi connectivity index (χ0) is 19.0. The maximum atomic E-state index is 2.48. The molecule has 1 saturated carbocycles. The molecule has 3 aromatic rings. The first-order valence-electron chi connectivity index (χ1n) is 10.1. The lowest BCUT2D eigenvalue weighted by atomic mass is 9.50. The van der Waals surface area contributed by atoms with Gasteiger partial charge in [-0.3, -0.25) is 0 Å². The molecule has 3 aromatic carbocycles. The van der Waals surface area contributed by atoms with Crippen LogP contribution in [0.25, 0.3) is 0 Å². The molecule has 0 radical (unpaired) electrons. The number of hydrogen-bond donors (Lipinski definition) is 0. The summed E-state index contributed by atoms with van der Waals surface area (Å²) in [6.45, 7) is 7.43. The van der Waals surface area contributed by atoms with Gasteiger partial charge in [-0.05, 0) is 52.2 Å². The van der Waals surface area contributed by atoms with Crippen molar-refractivity contribution in [3.05, 3.63) is 108 Å². The topological polar surface area (TPSA) is 0 Å². The van der Waals surface area contributed by atoms with Gasteiger partial charge in [0.2, 0.25) is 0 Å². The predicted molar refractivity (Wildman–Crippen MR) is 115 cm³/mol. The monoisotopic (exact) mass is 354 g/mol. The molecule has 138 valence electrons. The first-order chi connectivity index (χ1) is 12.9. The average molecular weight is 355 g/mol. The van der Waals surface area contributed by atoms with Crippen molar-refractivity contribution in [2.75, 3.05) is 0 Å². The van der Waals surface area contributed by atoms with E-state index >= 15 is 0 Å². The van der Waals surface area contributed by atoms with Crippen molar-refractivity contribution in [3.8, 4) is 0 Å². The van der Waals surface area contributed by atoms with Gasteiger partial charge in [0.05, 0.1) is 0 Å². The molecule has 0 amide bonds. The molecule has 0 bridgehead atoms. The van der Waals surface area contributed by atoms with E-state index in [0.29, 0.717) is 0 Å². The molecule has 0 aliphatic heterocycles. The van der Waals surface area contributed by atoms with Crippen molar-refractivity contribution in [1.29, 1.82) is 0 Å². The third-order valence-electron chi connectivity index (χ3n) is 6.75. The minimum Gasteiger partial charge on any atom is -0.0622 e. The van der Waals surface area contributed by atoms with E-state index in [1.54, 1.807) is 0 Å². The van der Waals surface area contributed by atoms with Crippen molar-refractivity contribution in [2.24, 2.45) is 0 Å². The molecule has 0 heterocycles. The molecular formula is C27H30. The Morgan fingerprint density at radius 1 is 0.407 bits per heavy atom. The highest BCUT2D eigenvalue weighted by Gasteiger charge is 2.50. The fourth-order valence-electron chi connectivity index (χ4n) is 5.90. The SMILES string of the molecule is CC1(c2ccccc2)CC(C)(c2ccccc2)CC(C)(c2ccccc2)C1. The summed E-state index contributed by atoms with van der Waals surface area (Å²) >= 11 is 0. The lowest BCUT2D eigenvalue weighted by Gasteiger charge is -2.54. The molecule has 4 rings (SSSR count). The molecule has 0 spiro atoms. The van der Waals surface area contributed by atoms with Crippen molar-refractivity contribution >= 4 is 0 Å². The van der Waals surface area contributed by atoms with Crippen molar-refractivity contribution in [1.82, 2.24) is 0 Å². The van der Waals surface area contributed by atoms with Crippen LogP contribution in [0.3, 0.4) is 0 Å². The van der Waals surface area contributed by atoms with Crippen LogP contribution in [0, 0.1) is 0 Å². The van der Waals surface area contributed by atoms with Crippen LogP contribution in [-0.4, -0.2) is 0 Å². The molecule has 27 heavy (non-hydrogen) atoms. The van der Waals surface area contributed by atoms with Gasteiger partial charge in [-0.1, -0.05) is 112 Å². The minimum atomic E-state index is 0.148. The highest BCUT2D eigenvalue weighted by atomic mass is 14.5. The molecular weight excluding hydrogens is 324 g/mol. The van der Waals surface area contributed by atoms with E-state index in [1.807, 2.05) is 0 Å². The maximum Gasteiger partial charge on any atom is -0.00585 e. The van der Waals surface area contributed by atoms with Crippen LogP contribution in [0.5, 0.6) is 0 Å². The molecule has 1 aliphatic rings. The Morgan fingerprint density at radius 2 is 0.630 bits per heavy atom. The van der Waals surface area contributed by atoms with Crippen LogP contribution >= 0.6 is 0 Å². The minimum absolute atomic E-state index is 0.148. The molecule has 1 fully saturated rings. The van der Waals surface area contributed by atoms with Crippen molar-refractivity contribution in [3.63, 3.8) is 0 Å². The highest BCUT2D eigenvalue weighted by Crippen LogP contribution is 2.56. The van der Waals surface area contributed by atoms with E-state index in [2.05, 4.69) is 112 Å². The Labute approximate surface area is 164 Å². The molecule has 0 saturated heterocycles. The number of benzene rings is 3. The van der Waals surface area contributed by atoms with Crippen molar-refractivity contribution < 1.29 is 0 Å². The summed E-state index contributed by atoms with van der Waals surface area (Å²) in [5.74, 6) is 0. The number of hydrogen-bond acceptors (Lipinski definition) is 0. The van der Waals surface area contributed by atoms with Crippen LogP contribution in [0.2, 0.25) is 0 Å². The van der Waals surface area contributed by atoms with E-state index in [4.69, 9.17) is 0 Å². The fraction of sp³-hybridized carbons (Fsp3) is 0.333. The quantitative estimate of drug-likeness (QED) is 0.473. The van der Waals surface area contributed by atoms with Gasteiger partial charge in [0.15, 0.2) is 0 Å². The molecule has 0 atom stereocenters. The Morgan fingerprint density at radius 3 is 0.852 bits per heavy atom. The van der Waals surface area contributed by atoms with Crippen LogP contribution in [0.4, 0.5) is 0 Å². The first-order valence-corrected chi connectivity index (χ1v) is 10.1. The summed E-state index contributed by atoms with van der Waals surface area (Å²) in [7, 11) is 0. The second-order valence-corrected chi connectivity index (χ2v) is 9.31. The Kier molecular flexibility index (Phi) is 4.46. The number of rotatable bonds is 3. The normalized spacial score (nSPS) is 30.8. The van der Waals surface area contributed by atoms with E-state index in [1.165, 1.54) is 36.0 Å². The summed E-state index contributed by atoms with van der Waals surface area (Å²) in [6.07, 6.45) is 3.53. The van der Waals surface area contributed by atoms with Crippen LogP contribution < -0.4 is 0 Å². The second-order valence-electron chi connectivity index (χ2n) is 9.31. The molecule has 0 aromatic heterocycles. The third-order valence-corrected chi connectivity index (χ3v) is 6.75. The lowest BCUT2D eigenvalue weighted by Crippen LogP contribution is -2.48. The summed E-state index contributed by atoms with van der Waals surface area (Å²) in [5.41, 5.74) is 4.84. The van der Waals surface area contributed by atoms with Crippen LogP contribution in [0.1, 0.15) is 56.7 Å². The van der Waals surface area contributed by atoms with Gasteiger partial charge < -0.3 is 0 Å². The van der Waals surface area contributed by atoms with E-state index in [0.717, 1.165) is 0 Å². The smallest absolute Gasteiger partial charge is 0.00585 e. The Bertz CT molecular complexity index is 749. The van der Waals surface area contributed by atoms with Gasteiger partial charge in [-0.25, -0.2) is 0 Å². The molecule has 0 nitrogen and oxygen atoms in total. The van der Waals surface area contributed by atoms with E-state index < -0.39 is 0 Å². The van der Waals surface area contributed by atoms with E-state index in [-0.39, 0.29) is 16.2 Å². The van der Waals surface area contributed by atoms with Gasteiger partial charge in [0.25, 0.3) is 0 Å². The standard InChI is InChI=1S/C27H30/c1-25(22-13-7-4-8-14-22)19-26(2,23-15-9-5-10-16-23)21-27(3,20-25)24-17-11-6-12-18-24/h4-18H,19-21H2,1-3H3. The average Bonchev–Trinajstić information content (AvgIpc) is 2.69. The van der Waals surface area contributed by atoms with Gasteiger partial charge in [-0.15, -0.1) is 0 Å². The second kappa shape index (κ2) is 6.68. The zero-order valence-electron chi connectivity index (χ0n) is 16.8. The van der Waals surface area contributed by atoms with Gasteiger partial charge in [0, 0.05) is 0 Å². The fourth-order valence-corrected chi connectivity index (χ4v) is 5.90. The maximum absolute atomic E-state index is 2.48. The highest BCUT2D eigenvalue weighted by molar-refractivity contribution is 5.38. The molecule has 0 N–H and O–H groups in total. The summed E-state index contributed by atoms with van der Waals surface area (Å²) in [4.78, 5) is 0. The van der Waals surface area contributed by atoms with E-state index in [9.17, 15) is 0 Å². The summed E-state index contributed by atoms with van der Waals surface area (Å²) < 4.78 is 0. The molecule has 0 heteroatoms. The predicted octanol–water partition coefficient (Wildman–Crippen LogP) is 7.04. The molecule has 1 aliphatic carbocycles. The van der Waals surface area contributed by atoms with Crippen LogP contribution in [0.15, 0.2) is 91.0 Å². The van der Waals surface area contributed by atoms with Crippen LogP contribution in [-0.2, 0) is 16.2 Å². The van der Waals surface area contributed by atoms with Crippen molar-refractivity contribution in [2.45, 2.75) is 56.3 Å². The zero-order valence-corrected chi connectivity index (χ0v) is 16.8. The van der Waals surface area contributed by atoms with Gasteiger partial charge in [0.1, 0.15) is 0 Å². The summed E-state index contributed by atoms with van der Waals surface area (Å²) in [6, 6.07) is 33.4. The van der Waals surface area contributed by atoms with Gasteiger partial charge >= 0.3 is 0 Å². The first kappa shape index (κ1) is 18.0. The summed E-state index contributed by atoms with van der Waals surface area (Å²) in [5, 5.41) is 0. The largest absolute Gasteiger partial charge is 0.0622 e. The van der Waals surface area contributed by atoms with Gasteiger partial charge in [-0.2, -0.15) is 0 Å². The Balaban J connectivity index is 1.85. The molecule has 0 unspecified atom stereocenters. The third kappa shape index (κ3) is 3.34. The lowest BCUT2D eigenvalue weighted by molar-refractivity contribution is 0.131. The Hall–Kier alpha value is -2.34.